The Balaban J connectivity index is 1.80. The van der Waals surface area contributed by atoms with E-state index in [1.807, 2.05) is 6.92 Å². The highest BCUT2D eigenvalue weighted by Crippen LogP contribution is 2.20. The molecule has 1 amide bonds. The molecule has 0 fully saturated rings. The van der Waals surface area contributed by atoms with Crippen molar-refractivity contribution < 1.29 is 18.7 Å². The Labute approximate surface area is 169 Å². The number of fused-ring (bicyclic) bond motifs is 1. The number of hydrogen-bond acceptors (Lipinski definition) is 5. The van der Waals surface area contributed by atoms with Gasteiger partial charge in [-0.25, -0.2) is 9.59 Å². The van der Waals surface area contributed by atoms with Gasteiger partial charge in [-0.05, 0) is 48.9 Å². The molecule has 0 aliphatic carbocycles. The van der Waals surface area contributed by atoms with E-state index < -0.39 is 17.5 Å². The lowest BCUT2D eigenvalue weighted by molar-refractivity contribution is 0.0499. The van der Waals surface area contributed by atoms with Crippen LogP contribution in [-0.2, 0) is 4.74 Å². The lowest BCUT2D eigenvalue weighted by Gasteiger charge is -2.08. The van der Waals surface area contributed by atoms with Gasteiger partial charge in [0.2, 0.25) is 0 Å². The van der Waals surface area contributed by atoms with Gasteiger partial charge in [0.25, 0.3) is 5.91 Å². The third-order valence-electron chi connectivity index (χ3n) is 4.03. The number of hydrogen-bond donors (Lipinski definition) is 1. The van der Waals surface area contributed by atoms with E-state index >= 15 is 0 Å². The van der Waals surface area contributed by atoms with E-state index in [1.54, 1.807) is 36.4 Å². The summed E-state index contributed by atoms with van der Waals surface area (Å²) in [7, 11) is 0. The van der Waals surface area contributed by atoms with E-state index in [0.29, 0.717) is 28.8 Å². The Morgan fingerprint density at radius 1 is 1.14 bits per heavy atom. The molecule has 2 aromatic carbocycles. The maximum Gasteiger partial charge on any atom is 0.349 e. The number of esters is 1. The molecule has 28 heavy (non-hydrogen) atoms. The Kier molecular flexibility index (Phi) is 6.26. The molecule has 144 valence electrons. The van der Waals surface area contributed by atoms with Crippen LogP contribution in [0, 0.1) is 0 Å². The smallest absolute Gasteiger partial charge is 0.349 e. The van der Waals surface area contributed by atoms with Crippen molar-refractivity contribution in [2.75, 3.05) is 11.9 Å². The zero-order chi connectivity index (χ0) is 20.1. The highest BCUT2D eigenvalue weighted by atomic mass is 79.9. The summed E-state index contributed by atoms with van der Waals surface area (Å²) in [6.07, 6.45) is 1.71. The summed E-state index contributed by atoms with van der Waals surface area (Å²) in [5, 5.41) is 3.24. The fourth-order valence-electron chi connectivity index (χ4n) is 2.57. The van der Waals surface area contributed by atoms with Crippen LogP contribution < -0.4 is 10.9 Å². The topological polar surface area (TPSA) is 85.6 Å². The summed E-state index contributed by atoms with van der Waals surface area (Å²) in [4.78, 5) is 36.8. The Hall–Kier alpha value is -2.93. The normalized spacial score (nSPS) is 10.6. The van der Waals surface area contributed by atoms with E-state index in [4.69, 9.17) is 9.15 Å². The summed E-state index contributed by atoms with van der Waals surface area (Å²) in [6.45, 7) is 2.35. The monoisotopic (exact) mass is 443 g/mol. The molecule has 1 heterocycles. The molecule has 3 aromatic rings. The molecule has 6 nitrogen and oxygen atoms in total. The molecule has 0 spiro atoms. The van der Waals surface area contributed by atoms with Crippen molar-refractivity contribution in [1.29, 1.82) is 0 Å². The average molecular weight is 444 g/mol. The van der Waals surface area contributed by atoms with Gasteiger partial charge in [-0.1, -0.05) is 35.3 Å². The second-order valence-corrected chi connectivity index (χ2v) is 7.07. The molecule has 1 N–H and O–H groups in total. The van der Waals surface area contributed by atoms with Gasteiger partial charge in [0.15, 0.2) is 0 Å². The lowest BCUT2D eigenvalue weighted by atomic mass is 10.1. The quantitative estimate of drug-likeness (QED) is 0.337. The zero-order valence-corrected chi connectivity index (χ0v) is 16.7. The van der Waals surface area contributed by atoms with Gasteiger partial charge >= 0.3 is 11.6 Å². The molecule has 0 aliphatic heterocycles. The minimum atomic E-state index is -0.734. The van der Waals surface area contributed by atoms with Crippen LogP contribution >= 0.6 is 15.9 Å². The second kappa shape index (κ2) is 8.84. The molecule has 0 atom stereocenters. The summed E-state index contributed by atoms with van der Waals surface area (Å²) in [5.74, 6) is -1.08. The van der Waals surface area contributed by atoms with Gasteiger partial charge in [0.1, 0.15) is 11.1 Å². The van der Waals surface area contributed by atoms with Crippen molar-refractivity contribution in [3.8, 4) is 0 Å². The molecular weight excluding hydrogens is 426 g/mol. The molecule has 0 bridgehead atoms. The van der Waals surface area contributed by atoms with Crippen LogP contribution in [0.3, 0.4) is 0 Å². The van der Waals surface area contributed by atoms with Crippen molar-refractivity contribution in [2.24, 2.45) is 0 Å². The number of amides is 1. The third kappa shape index (κ3) is 4.67. The zero-order valence-electron chi connectivity index (χ0n) is 15.2. The summed E-state index contributed by atoms with van der Waals surface area (Å²) in [6, 6.07) is 13.0. The van der Waals surface area contributed by atoms with Gasteiger partial charge in [-0.15, -0.1) is 0 Å². The first-order chi connectivity index (χ1) is 13.5. The number of anilines is 1. The van der Waals surface area contributed by atoms with E-state index in [-0.39, 0.29) is 5.56 Å². The fraction of sp³-hybridized carbons (Fsp3) is 0.190. The van der Waals surface area contributed by atoms with Crippen LogP contribution in [0.25, 0.3) is 11.0 Å². The van der Waals surface area contributed by atoms with E-state index in [9.17, 15) is 14.4 Å². The van der Waals surface area contributed by atoms with Crippen molar-refractivity contribution in [3.63, 3.8) is 0 Å². The summed E-state index contributed by atoms with van der Waals surface area (Å²) in [5.41, 5.74) is 0.234. The second-order valence-electron chi connectivity index (χ2n) is 6.15. The predicted molar refractivity (Wildman–Crippen MR) is 110 cm³/mol. The Morgan fingerprint density at radius 2 is 1.96 bits per heavy atom. The molecule has 7 heteroatoms. The highest BCUT2D eigenvalue weighted by Gasteiger charge is 2.15. The maximum atomic E-state index is 12.6. The number of ether oxygens (including phenoxy) is 1. The number of carbonyl (C=O) groups is 2. The molecule has 0 saturated carbocycles. The first-order valence-electron chi connectivity index (χ1n) is 8.80. The Bertz CT molecular complexity index is 1090. The highest BCUT2D eigenvalue weighted by molar-refractivity contribution is 9.10. The van der Waals surface area contributed by atoms with Gasteiger partial charge < -0.3 is 14.5 Å². The number of halogens is 1. The molecule has 3 rings (SSSR count). The largest absolute Gasteiger partial charge is 0.462 e. The van der Waals surface area contributed by atoms with E-state index in [2.05, 4.69) is 21.2 Å². The van der Waals surface area contributed by atoms with Gasteiger partial charge in [-0.2, -0.15) is 0 Å². The number of unbranched alkanes of at least 4 members (excludes halogenated alkanes) is 1. The molecule has 0 aliphatic rings. The van der Waals surface area contributed by atoms with Crippen LogP contribution in [0.1, 0.15) is 40.5 Å². The first kappa shape index (κ1) is 19.8. The maximum absolute atomic E-state index is 12.6. The summed E-state index contributed by atoms with van der Waals surface area (Å²) >= 11 is 3.35. The third-order valence-corrected chi connectivity index (χ3v) is 4.52. The Morgan fingerprint density at radius 3 is 2.75 bits per heavy atom. The number of benzene rings is 2. The van der Waals surface area contributed by atoms with Crippen LogP contribution in [0.2, 0.25) is 0 Å². The number of nitrogens with one attached hydrogen (secondary N) is 1. The van der Waals surface area contributed by atoms with Gasteiger partial charge in [0, 0.05) is 15.5 Å². The van der Waals surface area contributed by atoms with Crippen molar-refractivity contribution >= 4 is 44.5 Å². The minimum absolute atomic E-state index is 0.124. The number of rotatable bonds is 6. The van der Waals surface area contributed by atoms with Crippen LogP contribution in [-0.4, -0.2) is 18.5 Å². The number of carbonyl (C=O) groups excluding carboxylic acids is 2. The van der Waals surface area contributed by atoms with Crippen molar-refractivity contribution in [3.05, 3.63) is 74.6 Å². The molecular formula is C21H18BrNO5. The molecule has 0 unspecified atom stereocenters. The predicted octanol–water partition coefficient (Wildman–Crippen LogP) is 4.76. The fourth-order valence-corrected chi connectivity index (χ4v) is 2.95. The van der Waals surface area contributed by atoms with Crippen LogP contribution in [0.4, 0.5) is 5.69 Å². The molecule has 0 saturated heterocycles. The lowest BCUT2D eigenvalue weighted by Crippen LogP contribution is -2.20. The van der Waals surface area contributed by atoms with Gasteiger partial charge in [0.05, 0.1) is 12.2 Å². The van der Waals surface area contributed by atoms with Crippen LogP contribution in [0.5, 0.6) is 0 Å². The van der Waals surface area contributed by atoms with E-state index in [1.165, 1.54) is 12.1 Å². The van der Waals surface area contributed by atoms with Gasteiger partial charge in [-0.3, -0.25) is 4.79 Å². The summed E-state index contributed by atoms with van der Waals surface area (Å²) < 4.78 is 11.2. The standard InChI is InChI=1S/C21H18BrNO5/c1-2-3-9-27-20(25)13-5-4-6-16(11-13)23-19(24)17-12-14-10-15(22)7-8-18(14)28-21(17)26/h4-8,10-12H,2-3,9H2,1H3,(H,23,24). The van der Waals surface area contributed by atoms with E-state index in [0.717, 1.165) is 17.3 Å². The van der Waals surface area contributed by atoms with Crippen molar-refractivity contribution in [2.45, 2.75) is 19.8 Å². The first-order valence-corrected chi connectivity index (χ1v) is 9.59. The van der Waals surface area contributed by atoms with Crippen molar-refractivity contribution in [1.82, 2.24) is 0 Å². The average Bonchev–Trinajstić information content (AvgIpc) is 2.68. The molecule has 0 radical (unpaired) electrons. The molecule has 1 aromatic heterocycles. The van der Waals surface area contributed by atoms with Crippen LogP contribution in [0.15, 0.2) is 62.2 Å². The SMILES string of the molecule is CCCCOC(=O)c1cccc(NC(=O)c2cc3cc(Br)ccc3oc2=O)c1. The minimum Gasteiger partial charge on any atom is -0.462 e.